The second-order valence-corrected chi connectivity index (χ2v) is 16.6. The van der Waals surface area contributed by atoms with Gasteiger partial charge in [-0.1, -0.05) is 66.5 Å². The van der Waals surface area contributed by atoms with E-state index >= 15 is 0 Å². The fourth-order valence-electron chi connectivity index (χ4n) is 11.7. The first-order valence-corrected chi connectivity index (χ1v) is 16.5. The van der Waals surface area contributed by atoms with Gasteiger partial charge in [0, 0.05) is 16.7 Å². The Morgan fingerprint density at radius 1 is 1.00 bits per heavy atom. The van der Waals surface area contributed by atoms with Crippen LogP contribution in [-0.4, -0.2) is 22.2 Å². The van der Waals surface area contributed by atoms with E-state index in [-0.39, 0.29) is 27.1 Å². The van der Waals surface area contributed by atoms with Crippen LogP contribution in [0.4, 0.5) is 0 Å². The molecule has 0 bridgehead atoms. The zero-order valence-electron chi connectivity index (χ0n) is 25.7. The molecule has 0 aromatic heterocycles. The molecule has 0 radical (unpaired) electrons. The van der Waals surface area contributed by atoms with Crippen molar-refractivity contribution >= 4 is 11.6 Å². The molecule has 9 atom stereocenters. The van der Waals surface area contributed by atoms with Gasteiger partial charge in [0.2, 0.25) is 0 Å². The minimum atomic E-state index is -0.433. The predicted octanol–water partition coefficient (Wildman–Crippen LogP) is 9.36. The van der Waals surface area contributed by atoms with Gasteiger partial charge in [0.05, 0.1) is 17.7 Å². The van der Waals surface area contributed by atoms with E-state index < -0.39 is 6.10 Å². The van der Waals surface area contributed by atoms with Gasteiger partial charge in [-0.2, -0.15) is 5.26 Å². The molecule has 3 nitrogen and oxygen atoms in total. The molecule has 0 aromatic carbocycles. The third-order valence-electron chi connectivity index (χ3n) is 13.6. The van der Waals surface area contributed by atoms with Crippen molar-refractivity contribution in [2.24, 2.45) is 56.7 Å². The molecule has 0 heterocycles. The molecule has 0 aromatic rings. The molecule has 5 aliphatic carbocycles. The van der Waals surface area contributed by atoms with E-state index in [0.717, 1.165) is 38.5 Å². The maximum Gasteiger partial charge on any atom is 0.112 e. The van der Waals surface area contributed by atoms with Crippen LogP contribution in [0.5, 0.6) is 0 Å². The number of nitrogens with zero attached hydrogens (tertiary/aromatic N) is 1. The Bertz CT molecular complexity index is 1080. The van der Waals surface area contributed by atoms with E-state index in [1.54, 1.807) is 5.57 Å². The molecule has 4 saturated carbocycles. The van der Waals surface area contributed by atoms with Crippen molar-refractivity contribution < 1.29 is 10.2 Å². The fourth-order valence-corrected chi connectivity index (χ4v) is 12.0. The highest BCUT2D eigenvalue weighted by Crippen LogP contribution is 2.74. The lowest BCUT2D eigenvalue weighted by atomic mass is 9.34. The SMILES string of the molecule is CCC/C=C1\CC2C(C)(CCC3C(C)(C)C(O)=C(C#N)CC32C)C2CCC3(C(O)CCl)CCC(C)(C)CC3C12. The van der Waals surface area contributed by atoms with Crippen molar-refractivity contribution in [2.45, 2.75) is 125 Å². The Kier molecular flexibility index (Phi) is 7.41. The van der Waals surface area contributed by atoms with Crippen LogP contribution in [0.1, 0.15) is 119 Å². The molecular weight excluding hydrogens is 502 g/mol. The molecule has 5 aliphatic rings. The summed E-state index contributed by atoms with van der Waals surface area (Å²) in [5.74, 6) is 3.13. The number of hydrogen-bond acceptors (Lipinski definition) is 3. The van der Waals surface area contributed by atoms with Crippen LogP contribution in [0.15, 0.2) is 23.0 Å². The first-order chi connectivity index (χ1) is 18.2. The molecule has 5 rings (SSSR count). The van der Waals surface area contributed by atoms with Gasteiger partial charge in [-0.25, -0.2) is 0 Å². The minimum absolute atomic E-state index is 0.0138. The van der Waals surface area contributed by atoms with E-state index in [1.165, 1.54) is 25.7 Å². The summed E-state index contributed by atoms with van der Waals surface area (Å²) in [6.45, 7) is 16.6. The van der Waals surface area contributed by atoms with Gasteiger partial charge in [-0.05, 0) is 110 Å². The van der Waals surface area contributed by atoms with Crippen LogP contribution < -0.4 is 0 Å². The highest BCUT2D eigenvalue weighted by atomic mass is 35.5. The number of nitriles is 1. The van der Waals surface area contributed by atoms with E-state index in [9.17, 15) is 15.5 Å². The summed E-state index contributed by atoms with van der Waals surface area (Å²) in [5.41, 5.74) is 2.30. The summed E-state index contributed by atoms with van der Waals surface area (Å²) in [7, 11) is 0. The Balaban J connectivity index is 1.63. The third-order valence-corrected chi connectivity index (χ3v) is 13.9. The van der Waals surface area contributed by atoms with Crippen molar-refractivity contribution in [3.63, 3.8) is 0 Å². The standard InChI is InChI=1S/C35H54ClNO2/c1-8-9-10-22-17-27-33(6,13-12-26-32(4,5)30(39)23(21-37)18-34(26,27)7)24-11-14-35(28(38)20-36)16-15-31(2,3)19-25(35)29(22)24/h10,24-29,38-39H,8-9,11-20H2,1-7H3/b22-10+. The smallest absolute Gasteiger partial charge is 0.112 e. The molecule has 4 fully saturated rings. The predicted molar refractivity (Wildman–Crippen MR) is 160 cm³/mol. The molecule has 4 heteroatoms. The Hall–Kier alpha value is -0.980. The summed E-state index contributed by atoms with van der Waals surface area (Å²) >= 11 is 6.45. The average molecular weight is 556 g/mol. The van der Waals surface area contributed by atoms with Crippen molar-refractivity contribution in [1.29, 1.82) is 5.26 Å². The van der Waals surface area contributed by atoms with Crippen LogP contribution in [0.25, 0.3) is 0 Å². The topological polar surface area (TPSA) is 64.2 Å². The van der Waals surface area contributed by atoms with Crippen molar-refractivity contribution in [1.82, 2.24) is 0 Å². The molecule has 218 valence electrons. The van der Waals surface area contributed by atoms with Crippen LogP contribution >= 0.6 is 11.6 Å². The first kappa shape index (κ1) is 29.5. The number of hydrogen-bond donors (Lipinski definition) is 2. The van der Waals surface area contributed by atoms with Crippen LogP contribution in [0, 0.1) is 68.0 Å². The number of allylic oxidation sites excluding steroid dienone is 4. The summed E-state index contributed by atoms with van der Waals surface area (Å²) < 4.78 is 0. The monoisotopic (exact) mass is 555 g/mol. The maximum atomic E-state index is 11.5. The number of halogens is 1. The lowest BCUT2D eigenvalue weighted by molar-refractivity contribution is -0.195. The molecule has 0 aliphatic heterocycles. The van der Waals surface area contributed by atoms with Crippen molar-refractivity contribution in [3.05, 3.63) is 23.0 Å². The molecule has 0 amide bonds. The molecular formula is C35H54ClNO2. The van der Waals surface area contributed by atoms with Gasteiger partial charge >= 0.3 is 0 Å². The molecule has 39 heavy (non-hydrogen) atoms. The minimum Gasteiger partial charge on any atom is -0.511 e. The van der Waals surface area contributed by atoms with Crippen LogP contribution in [-0.2, 0) is 0 Å². The van der Waals surface area contributed by atoms with Gasteiger partial charge in [0.25, 0.3) is 0 Å². The van der Waals surface area contributed by atoms with E-state index in [1.807, 2.05) is 0 Å². The van der Waals surface area contributed by atoms with Gasteiger partial charge in [0.15, 0.2) is 0 Å². The van der Waals surface area contributed by atoms with Gasteiger partial charge in [-0.3, -0.25) is 0 Å². The summed E-state index contributed by atoms with van der Waals surface area (Å²) in [6, 6.07) is 2.42. The Morgan fingerprint density at radius 2 is 1.72 bits per heavy atom. The Morgan fingerprint density at radius 3 is 2.36 bits per heavy atom. The summed E-state index contributed by atoms with van der Waals surface area (Å²) in [4.78, 5) is 0. The molecule has 9 unspecified atom stereocenters. The average Bonchev–Trinajstić information content (AvgIpc) is 2.88. The second-order valence-electron chi connectivity index (χ2n) is 16.3. The highest BCUT2D eigenvalue weighted by Gasteiger charge is 2.68. The normalized spacial score (nSPS) is 46.4. The van der Waals surface area contributed by atoms with Crippen LogP contribution in [0.2, 0.25) is 0 Å². The number of rotatable bonds is 4. The number of unbranched alkanes of at least 4 members (excludes halogenated alkanes) is 1. The summed E-state index contributed by atoms with van der Waals surface area (Å²) in [5, 5.41) is 32.8. The largest absolute Gasteiger partial charge is 0.511 e. The first-order valence-electron chi connectivity index (χ1n) is 16.0. The van der Waals surface area contributed by atoms with Crippen molar-refractivity contribution in [2.75, 3.05) is 5.88 Å². The quantitative estimate of drug-likeness (QED) is 0.268. The maximum absolute atomic E-state index is 11.5. The lowest BCUT2D eigenvalue weighted by Gasteiger charge is -2.70. The number of fused-ring (bicyclic) bond motifs is 7. The zero-order valence-corrected chi connectivity index (χ0v) is 26.5. The highest BCUT2D eigenvalue weighted by molar-refractivity contribution is 6.18. The van der Waals surface area contributed by atoms with E-state index in [2.05, 4.69) is 60.6 Å². The van der Waals surface area contributed by atoms with E-state index in [0.29, 0.717) is 53.2 Å². The second kappa shape index (κ2) is 9.80. The van der Waals surface area contributed by atoms with Gasteiger partial charge in [0.1, 0.15) is 5.76 Å². The third kappa shape index (κ3) is 4.20. The van der Waals surface area contributed by atoms with Crippen molar-refractivity contribution in [3.8, 4) is 6.07 Å². The number of alkyl halides is 1. The zero-order chi connectivity index (χ0) is 28.6. The molecule has 0 saturated heterocycles. The van der Waals surface area contributed by atoms with Gasteiger partial charge < -0.3 is 10.2 Å². The fraction of sp³-hybridized carbons (Fsp3) is 0.857. The summed E-state index contributed by atoms with van der Waals surface area (Å²) in [6.07, 6.45) is 14.2. The number of aliphatic hydroxyl groups excluding tert-OH is 2. The van der Waals surface area contributed by atoms with Gasteiger partial charge in [-0.15, -0.1) is 11.6 Å². The number of aliphatic hydroxyl groups is 2. The van der Waals surface area contributed by atoms with E-state index in [4.69, 9.17) is 11.6 Å². The molecule has 2 N–H and O–H groups in total. The van der Waals surface area contributed by atoms with Crippen LogP contribution in [0.3, 0.4) is 0 Å². The molecule has 0 spiro atoms. The lowest BCUT2D eigenvalue weighted by Crippen LogP contribution is -2.64. The Labute approximate surface area is 243 Å².